The van der Waals surface area contributed by atoms with Crippen LogP contribution in [-0.4, -0.2) is 44.0 Å². The summed E-state index contributed by atoms with van der Waals surface area (Å²) in [4.78, 5) is 26.7. The third-order valence-electron chi connectivity index (χ3n) is 5.76. The Balaban J connectivity index is 1.47. The molecule has 0 radical (unpaired) electrons. The van der Waals surface area contributed by atoms with Crippen LogP contribution < -0.4 is 5.32 Å². The number of nitrogens with zero attached hydrogens (tertiary/aromatic N) is 3. The number of Topliss-reactive ketones (excluding diaryl/α,β-unsaturated/α-hetero) is 1. The van der Waals surface area contributed by atoms with Crippen LogP contribution in [0.2, 0.25) is 0 Å². The van der Waals surface area contributed by atoms with E-state index in [1.54, 1.807) is 6.92 Å². The number of imidazole rings is 1. The summed E-state index contributed by atoms with van der Waals surface area (Å²) in [5, 5.41) is 10.9. The van der Waals surface area contributed by atoms with Crippen molar-refractivity contribution >= 4 is 44.8 Å². The second-order valence-corrected chi connectivity index (χ2v) is 8.94. The number of nitrogens with one attached hydrogen (secondary N) is 3. The molecule has 7 nitrogen and oxygen atoms in total. The van der Waals surface area contributed by atoms with Gasteiger partial charge in [-0.25, -0.2) is 9.97 Å². The van der Waals surface area contributed by atoms with Gasteiger partial charge in [0.2, 0.25) is 0 Å². The molecule has 3 N–H and O–H groups in total. The molecule has 4 aromatic heterocycles. The fourth-order valence-electron chi connectivity index (χ4n) is 4.11. The molecule has 6 rings (SSSR count). The lowest BCUT2D eigenvalue weighted by atomic mass is 10.1. The molecule has 0 saturated heterocycles. The van der Waals surface area contributed by atoms with E-state index in [0.717, 1.165) is 62.6 Å². The van der Waals surface area contributed by atoms with Crippen LogP contribution in [0.1, 0.15) is 28.7 Å². The maximum Gasteiger partial charge on any atom is 0.169 e. The maximum absolute atomic E-state index is 11.7. The summed E-state index contributed by atoms with van der Waals surface area (Å²) in [5.74, 6) is 0.746. The summed E-state index contributed by atoms with van der Waals surface area (Å²) >= 11 is 1.49. The summed E-state index contributed by atoms with van der Waals surface area (Å²) in [7, 11) is 0. The third-order valence-corrected chi connectivity index (χ3v) is 6.98. The van der Waals surface area contributed by atoms with Crippen LogP contribution in [0.4, 0.5) is 0 Å². The number of carbonyl (C=O) groups is 1. The number of rotatable bonds is 4. The minimum Gasteiger partial charge on any atom is -0.336 e. The van der Waals surface area contributed by atoms with E-state index in [-0.39, 0.29) is 5.78 Å². The van der Waals surface area contributed by atoms with Gasteiger partial charge in [0.1, 0.15) is 5.52 Å². The van der Waals surface area contributed by atoms with Crippen LogP contribution in [-0.2, 0) is 0 Å². The minimum absolute atomic E-state index is 0.0740. The molecule has 0 fully saturated rings. The molecular weight excluding hydrogens is 420 g/mol. The van der Waals surface area contributed by atoms with Crippen LogP contribution in [0.3, 0.4) is 0 Å². The molecule has 0 atom stereocenters. The molecule has 0 aliphatic carbocycles. The number of carbonyl (C=O) groups excluding carboxylic acids is 1. The van der Waals surface area contributed by atoms with Gasteiger partial charge in [0.25, 0.3) is 0 Å². The van der Waals surface area contributed by atoms with E-state index in [1.165, 1.54) is 16.9 Å². The Morgan fingerprint density at radius 1 is 1.03 bits per heavy atom. The van der Waals surface area contributed by atoms with E-state index >= 15 is 0 Å². The van der Waals surface area contributed by atoms with Gasteiger partial charge in [-0.2, -0.15) is 5.10 Å². The number of para-hydroxylation sites is 1. The summed E-state index contributed by atoms with van der Waals surface area (Å²) < 4.78 is 0. The van der Waals surface area contributed by atoms with E-state index in [0.29, 0.717) is 11.5 Å². The second kappa shape index (κ2) is 7.51. The molecular formula is C24H20N6OS. The molecule has 0 bridgehead atoms. The van der Waals surface area contributed by atoms with E-state index in [2.05, 4.69) is 26.6 Å². The predicted octanol–water partition coefficient (Wildman–Crippen LogP) is 4.81. The quantitative estimate of drug-likeness (QED) is 0.348. The average molecular weight is 441 g/mol. The highest BCUT2D eigenvalue weighted by Crippen LogP contribution is 2.35. The number of aromatic nitrogens is 5. The standard InChI is InChI=1S/C24H20N6OS/c1-13(31)19-7-8-20(32-19)15-3-2-4-17-21(15)28-24(27-17)23-22-18(29-30-23)6-5-16(26-22)14-9-11-25-12-10-14/h2-9,25H,10-12H2,1H3,(H,27,28)(H,29,30). The van der Waals surface area contributed by atoms with Gasteiger partial charge in [0, 0.05) is 17.0 Å². The van der Waals surface area contributed by atoms with Gasteiger partial charge in [-0.05, 0) is 55.8 Å². The molecule has 1 aromatic carbocycles. The summed E-state index contributed by atoms with van der Waals surface area (Å²) in [6, 6.07) is 14.0. The molecule has 32 heavy (non-hydrogen) atoms. The monoisotopic (exact) mass is 440 g/mol. The normalized spacial score (nSPS) is 14.2. The van der Waals surface area contributed by atoms with Crippen molar-refractivity contribution < 1.29 is 4.79 Å². The summed E-state index contributed by atoms with van der Waals surface area (Å²) in [6.07, 6.45) is 3.16. The molecule has 0 unspecified atom stereocenters. The molecule has 0 saturated carbocycles. The zero-order valence-corrected chi connectivity index (χ0v) is 18.2. The molecule has 8 heteroatoms. The maximum atomic E-state index is 11.7. The highest BCUT2D eigenvalue weighted by atomic mass is 32.1. The Kier molecular flexibility index (Phi) is 4.48. The van der Waals surface area contributed by atoms with Crippen molar-refractivity contribution in [3.63, 3.8) is 0 Å². The Bertz CT molecular complexity index is 1520. The Morgan fingerprint density at radius 3 is 2.78 bits per heavy atom. The number of benzene rings is 1. The third kappa shape index (κ3) is 3.16. The molecule has 0 spiro atoms. The van der Waals surface area contributed by atoms with Gasteiger partial charge in [0.15, 0.2) is 17.3 Å². The van der Waals surface area contributed by atoms with Crippen LogP contribution in [0.25, 0.3) is 49.6 Å². The van der Waals surface area contributed by atoms with Crippen molar-refractivity contribution in [2.24, 2.45) is 0 Å². The lowest BCUT2D eigenvalue weighted by Gasteiger charge is -2.13. The number of thiophene rings is 1. The first-order chi connectivity index (χ1) is 15.7. The number of fused-ring (bicyclic) bond motifs is 2. The zero-order valence-electron chi connectivity index (χ0n) is 17.4. The summed E-state index contributed by atoms with van der Waals surface area (Å²) in [5.41, 5.74) is 7.39. The van der Waals surface area contributed by atoms with Crippen LogP contribution in [0.5, 0.6) is 0 Å². The van der Waals surface area contributed by atoms with E-state index in [9.17, 15) is 4.79 Å². The van der Waals surface area contributed by atoms with Crippen molar-refractivity contribution in [2.45, 2.75) is 13.3 Å². The zero-order chi connectivity index (χ0) is 21.7. The van der Waals surface area contributed by atoms with Crippen molar-refractivity contribution in [3.05, 3.63) is 59.1 Å². The van der Waals surface area contributed by atoms with Gasteiger partial charge < -0.3 is 10.3 Å². The Labute approximate surface area is 187 Å². The minimum atomic E-state index is 0.0740. The van der Waals surface area contributed by atoms with Gasteiger partial charge in [-0.15, -0.1) is 11.3 Å². The topological polar surface area (TPSA) is 99.3 Å². The highest BCUT2D eigenvalue weighted by Gasteiger charge is 2.18. The van der Waals surface area contributed by atoms with Gasteiger partial charge in [-0.3, -0.25) is 9.89 Å². The first kappa shape index (κ1) is 19.1. The molecule has 1 aliphatic heterocycles. The molecule has 1 aliphatic rings. The van der Waals surface area contributed by atoms with Crippen LogP contribution in [0.15, 0.2) is 48.5 Å². The number of H-pyrrole nitrogens is 2. The number of hydrogen-bond acceptors (Lipinski definition) is 6. The number of hydrogen-bond donors (Lipinski definition) is 3. The largest absolute Gasteiger partial charge is 0.336 e. The number of ketones is 1. The smallest absolute Gasteiger partial charge is 0.169 e. The van der Waals surface area contributed by atoms with Gasteiger partial charge in [0.05, 0.1) is 27.1 Å². The van der Waals surface area contributed by atoms with Crippen LogP contribution in [0, 0.1) is 0 Å². The van der Waals surface area contributed by atoms with Crippen LogP contribution >= 0.6 is 11.3 Å². The van der Waals surface area contributed by atoms with E-state index in [1.807, 2.05) is 42.5 Å². The second-order valence-electron chi connectivity index (χ2n) is 7.86. The predicted molar refractivity (Wildman–Crippen MR) is 128 cm³/mol. The number of pyridine rings is 1. The number of aromatic amines is 2. The average Bonchev–Trinajstić information content (AvgIpc) is 3.56. The first-order valence-corrected chi connectivity index (χ1v) is 11.3. The molecule has 5 aromatic rings. The molecule has 158 valence electrons. The first-order valence-electron chi connectivity index (χ1n) is 10.5. The lowest BCUT2D eigenvalue weighted by Crippen LogP contribution is -2.20. The van der Waals surface area contributed by atoms with Crippen molar-refractivity contribution in [2.75, 3.05) is 13.1 Å². The lowest BCUT2D eigenvalue weighted by molar-refractivity contribution is 0.102. The molecule has 5 heterocycles. The SMILES string of the molecule is CC(=O)c1ccc(-c2cccc3[nH]c(-c4n[nH]c5ccc(C6=CCNCC6)nc45)nc23)s1. The Hall–Kier alpha value is -3.62. The van der Waals surface area contributed by atoms with Gasteiger partial charge >= 0.3 is 0 Å². The van der Waals surface area contributed by atoms with E-state index in [4.69, 9.17) is 9.97 Å². The van der Waals surface area contributed by atoms with Crippen molar-refractivity contribution in [3.8, 4) is 22.0 Å². The highest BCUT2D eigenvalue weighted by molar-refractivity contribution is 7.17. The van der Waals surface area contributed by atoms with Crippen molar-refractivity contribution in [1.29, 1.82) is 0 Å². The Morgan fingerprint density at radius 2 is 1.97 bits per heavy atom. The van der Waals surface area contributed by atoms with Gasteiger partial charge in [-0.1, -0.05) is 18.2 Å². The van der Waals surface area contributed by atoms with E-state index < -0.39 is 0 Å². The molecule has 0 amide bonds. The van der Waals surface area contributed by atoms with Crippen molar-refractivity contribution in [1.82, 2.24) is 30.5 Å². The fraction of sp³-hybridized carbons (Fsp3) is 0.167. The summed E-state index contributed by atoms with van der Waals surface area (Å²) in [6.45, 7) is 3.42. The fourth-order valence-corrected chi connectivity index (χ4v) is 5.04.